The molecule has 0 amide bonds. The van der Waals surface area contributed by atoms with Gasteiger partial charge in [-0.1, -0.05) is 12.1 Å². The summed E-state index contributed by atoms with van der Waals surface area (Å²) in [7, 11) is 0. The van der Waals surface area contributed by atoms with E-state index < -0.39 is 5.97 Å². The van der Waals surface area contributed by atoms with E-state index in [9.17, 15) is 4.79 Å². The maximum atomic E-state index is 11.0. The average molecular weight is 262 g/mol. The predicted molar refractivity (Wildman–Crippen MR) is 71.6 cm³/mol. The van der Waals surface area contributed by atoms with Crippen molar-refractivity contribution < 1.29 is 14.6 Å². The third-order valence-corrected chi connectivity index (χ3v) is 4.53. The smallest absolute Gasteiger partial charge is 0.345 e. The lowest BCUT2D eigenvalue weighted by Crippen LogP contribution is -2.13. The molecule has 1 aliphatic rings. The Balaban J connectivity index is 1.96. The van der Waals surface area contributed by atoms with Crippen molar-refractivity contribution in [3.8, 4) is 0 Å². The van der Waals surface area contributed by atoms with Crippen LogP contribution in [0.5, 0.6) is 0 Å². The van der Waals surface area contributed by atoms with Crippen LogP contribution in [-0.2, 0) is 4.74 Å². The minimum absolute atomic E-state index is 0.411. The third-order valence-electron chi connectivity index (χ3n) is 3.45. The van der Waals surface area contributed by atoms with Gasteiger partial charge in [0.25, 0.3) is 0 Å². The van der Waals surface area contributed by atoms with Gasteiger partial charge in [-0.3, -0.25) is 0 Å². The SMILES string of the molecule is O=C(O)c1cc2ccc(C3CCOCC3)cc2s1. The van der Waals surface area contributed by atoms with Crippen LogP contribution in [0.1, 0.15) is 34.0 Å². The van der Waals surface area contributed by atoms with Crippen molar-refractivity contribution in [1.82, 2.24) is 0 Å². The number of carboxylic acids is 1. The maximum absolute atomic E-state index is 11.0. The summed E-state index contributed by atoms with van der Waals surface area (Å²) in [6.45, 7) is 1.65. The molecule has 0 aliphatic carbocycles. The van der Waals surface area contributed by atoms with Crippen LogP contribution in [-0.4, -0.2) is 24.3 Å². The van der Waals surface area contributed by atoms with Crippen molar-refractivity contribution in [1.29, 1.82) is 0 Å². The zero-order valence-electron chi connectivity index (χ0n) is 9.89. The zero-order valence-corrected chi connectivity index (χ0v) is 10.7. The van der Waals surface area contributed by atoms with Gasteiger partial charge in [-0.15, -0.1) is 11.3 Å². The third kappa shape index (κ3) is 2.13. The Labute approximate surface area is 109 Å². The first-order valence-electron chi connectivity index (χ1n) is 6.08. The highest BCUT2D eigenvalue weighted by Gasteiger charge is 2.17. The fourth-order valence-corrected chi connectivity index (χ4v) is 3.39. The molecule has 0 unspecified atom stereocenters. The van der Waals surface area contributed by atoms with Gasteiger partial charge in [0.2, 0.25) is 0 Å². The first-order chi connectivity index (χ1) is 8.74. The lowest BCUT2D eigenvalue weighted by Gasteiger charge is -2.22. The van der Waals surface area contributed by atoms with Crippen LogP contribution >= 0.6 is 11.3 Å². The molecule has 1 aliphatic heterocycles. The van der Waals surface area contributed by atoms with E-state index in [2.05, 4.69) is 12.1 Å². The van der Waals surface area contributed by atoms with E-state index in [-0.39, 0.29) is 0 Å². The second-order valence-corrected chi connectivity index (χ2v) is 5.68. The number of fused-ring (bicyclic) bond motifs is 1. The number of carboxylic acid groups (broad SMARTS) is 1. The van der Waals surface area contributed by atoms with Crippen molar-refractivity contribution in [2.24, 2.45) is 0 Å². The molecule has 1 saturated heterocycles. The van der Waals surface area contributed by atoms with Crippen molar-refractivity contribution in [2.75, 3.05) is 13.2 Å². The molecule has 2 aromatic rings. The second-order valence-electron chi connectivity index (χ2n) is 4.60. The Hall–Kier alpha value is -1.39. The first-order valence-corrected chi connectivity index (χ1v) is 6.90. The summed E-state index contributed by atoms with van der Waals surface area (Å²) >= 11 is 1.35. The van der Waals surface area contributed by atoms with Gasteiger partial charge < -0.3 is 9.84 Å². The Morgan fingerprint density at radius 1 is 1.28 bits per heavy atom. The Bertz CT molecular complexity index is 582. The van der Waals surface area contributed by atoms with E-state index in [1.807, 2.05) is 6.07 Å². The van der Waals surface area contributed by atoms with E-state index >= 15 is 0 Å². The fraction of sp³-hybridized carbons (Fsp3) is 0.357. The molecule has 94 valence electrons. The number of rotatable bonds is 2. The summed E-state index contributed by atoms with van der Waals surface area (Å²) in [5, 5.41) is 10.0. The summed E-state index contributed by atoms with van der Waals surface area (Å²) in [5.41, 5.74) is 1.31. The van der Waals surface area contributed by atoms with E-state index in [0.717, 1.165) is 36.1 Å². The summed E-state index contributed by atoms with van der Waals surface area (Å²) in [6, 6.07) is 8.04. The van der Waals surface area contributed by atoms with Crippen LogP contribution in [0, 0.1) is 0 Å². The van der Waals surface area contributed by atoms with Crippen molar-refractivity contribution >= 4 is 27.4 Å². The Kier molecular flexibility index (Phi) is 3.06. The van der Waals surface area contributed by atoms with Gasteiger partial charge in [0.1, 0.15) is 4.88 Å². The molecule has 0 radical (unpaired) electrons. The fourth-order valence-electron chi connectivity index (χ4n) is 2.44. The van der Waals surface area contributed by atoms with E-state index in [1.165, 1.54) is 16.9 Å². The van der Waals surface area contributed by atoms with E-state index in [0.29, 0.717) is 10.8 Å². The molecule has 1 aromatic carbocycles. The van der Waals surface area contributed by atoms with Gasteiger partial charge in [0, 0.05) is 17.9 Å². The normalized spacial score (nSPS) is 17.1. The number of hydrogen-bond donors (Lipinski definition) is 1. The molecule has 1 aromatic heterocycles. The van der Waals surface area contributed by atoms with Gasteiger partial charge in [-0.05, 0) is 41.8 Å². The number of thiophene rings is 1. The van der Waals surface area contributed by atoms with Crippen molar-refractivity contribution in [3.05, 3.63) is 34.7 Å². The highest BCUT2D eigenvalue weighted by molar-refractivity contribution is 7.20. The van der Waals surface area contributed by atoms with Gasteiger partial charge in [-0.25, -0.2) is 4.79 Å². The molecular formula is C14H14O3S. The lowest BCUT2D eigenvalue weighted by atomic mass is 9.91. The molecule has 1 fully saturated rings. The Morgan fingerprint density at radius 2 is 2.06 bits per heavy atom. The number of hydrogen-bond acceptors (Lipinski definition) is 3. The summed E-state index contributed by atoms with van der Waals surface area (Å²) in [5.74, 6) is -0.289. The minimum atomic E-state index is -0.844. The van der Waals surface area contributed by atoms with Crippen molar-refractivity contribution in [3.63, 3.8) is 0 Å². The minimum Gasteiger partial charge on any atom is -0.477 e. The van der Waals surface area contributed by atoms with Gasteiger partial charge in [0.05, 0.1) is 0 Å². The van der Waals surface area contributed by atoms with Gasteiger partial charge >= 0.3 is 5.97 Å². The van der Waals surface area contributed by atoms with Crippen LogP contribution < -0.4 is 0 Å². The number of carbonyl (C=O) groups is 1. The van der Waals surface area contributed by atoms with Crippen LogP contribution in [0.4, 0.5) is 0 Å². The van der Waals surface area contributed by atoms with Crippen LogP contribution in [0.2, 0.25) is 0 Å². The molecule has 3 rings (SSSR count). The maximum Gasteiger partial charge on any atom is 0.345 e. The van der Waals surface area contributed by atoms with Crippen LogP contribution in [0.3, 0.4) is 0 Å². The molecule has 0 bridgehead atoms. The van der Waals surface area contributed by atoms with Crippen molar-refractivity contribution in [2.45, 2.75) is 18.8 Å². The molecule has 0 saturated carbocycles. The molecule has 4 heteroatoms. The quantitative estimate of drug-likeness (QED) is 0.901. The van der Waals surface area contributed by atoms with E-state index in [1.54, 1.807) is 6.07 Å². The zero-order chi connectivity index (χ0) is 12.5. The van der Waals surface area contributed by atoms with Gasteiger partial charge in [0.15, 0.2) is 0 Å². The van der Waals surface area contributed by atoms with Gasteiger partial charge in [-0.2, -0.15) is 0 Å². The lowest BCUT2D eigenvalue weighted by molar-refractivity contribution is 0.0702. The molecule has 2 heterocycles. The first kappa shape index (κ1) is 11.7. The monoisotopic (exact) mass is 262 g/mol. The molecule has 0 spiro atoms. The standard InChI is InChI=1S/C14H14O3S/c15-14(16)13-8-11-2-1-10(7-12(11)18-13)9-3-5-17-6-4-9/h1-2,7-9H,3-6H2,(H,15,16). The number of benzene rings is 1. The van der Waals surface area contributed by atoms with Crippen LogP contribution in [0.25, 0.3) is 10.1 Å². The Morgan fingerprint density at radius 3 is 2.78 bits per heavy atom. The average Bonchev–Trinajstić information content (AvgIpc) is 2.82. The molecule has 0 atom stereocenters. The van der Waals surface area contributed by atoms with Crippen LogP contribution in [0.15, 0.2) is 24.3 Å². The molecular weight excluding hydrogens is 248 g/mol. The summed E-state index contributed by atoms with van der Waals surface area (Å²) in [6.07, 6.45) is 2.12. The largest absolute Gasteiger partial charge is 0.477 e. The molecule has 18 heavy (non-hydrogen) atoms. The second kappa shape index (κ2) is 4.71. The number of ether oxygens (including phenoxy) is 1. The summed E-state index contributed by atoms with van der Waals surface area (Å²) < 4.78 is 6.44. The predicted octanol–water partition coefficient (Wildman–Crippen LogP) is 3.49. The highest BCUT2D eigenvalue weighted by Crippen LogP contribution is 2.32. The van der Waals surface area contributed by atoms with E-state index in [4.69, 9.17) is 9.84 Å². The number of aromatic carboxylic acids is 1. The summed E-state index contributed by atoms with van der Waals surface area (Å²) in [4.78, 5) is 11.4. The highest BCUT2D eigenvalue weighted by atomic mass is 32.1. The topological polar surface area (TPSA) is 46.5 Å². The molecule has 1 N–H and O–H groups in total. The molecule has 3 nitrogen and oxygen atoms in total.